The quantitative estimate of drug-likeness (QED) is 0.0422. The molecule has 0 rings (SSSR count). The summed E-state index contributed by atoms with van der Waals surface area (Å²) in [6.45, 7) is 4.31. The number of allylic oxidation sites excluding steroid dienone is 7. The first kappa shape index (κ1) is 59.4. The van der Waals surface area contributed by atoms with Crippen molar-refractivity contribution >= 4 is 5.91 Å². The van der Waals surface area contributed by atoms with Crippen LogP contribution in [0.15, 0.2) is 48.6 Å². The molecule has 0 aromatic heterocycles. The molecule has 61 heavy (non-hydrogen) atoms. The Bertz CT molecular complexity index is 970. The van der Waals surface area contributed by atoms with E-state index >= 15 is 0 Å². The van der Waals surface area contributed by atoms with Crippen LogP contribution >= 0.6 is 0 Å². The number of hydrogen-bond donors (Lipinski definition) is 3. The summed E-state index contributed by atoms with van der Waals surface area (Å²) >= 11 is 0. The number of carbonyl (C=O) groups excluding carboxylic acids is 1. The van der Waals surface area contributed by atoms with Crippen molar-refractivity contribution in [2.24, 2.45) is 0 Å². The largest absolute Gasteiger partial charge is 0.394 e. The Morgan fingerprint density at radius 3 is 1.05 bits per heavy atom. The highest BCUT2D eigenvalue weighted by molar-refractivity contribution is 5.76. The van der Waals surface area contributed by atoms with Crippen molar-refractivity contribution in [3.05, 3.63) is 48.6 Å². The number of rotatable bonds is 50. The fourth-order valence-electron chi connectivity index (χ4n) is 8.34. The Kier molecular flexibility index (Phi) is 51.3. The molecular formula is C57H107NO3. The molecule has 1 amide bonds. The third-order valence-corrected chi connectivity index (χ3v) is 12.5. The van der Waals surface area contributed by atoms with Gasteiger partial charge in [-0.3, -0.25) is 4.79 Å². The van der Waals surface area contributed by atoms with Gasteiger partial charge >= 0.3 is 0 Å². The molecule has 0 aliphatic rings. The maximum absolute atomic E-state index is 12.4. The minimum atomic E-state index is -0.861. The minimum absolute atomic E-state index is 0.0720. The maximum Gasteiger partial charge on any atom is 0.220 e. The molecule has 0 spiro atoms. The fourth-order valence-corrected chi connectivity index (χ4v) is 8.34. The van der Waals surface area contributed by atoms with Gasteiger partial charge in [0.25, 0.3) is 0 Å². The number of nitrogens with one attached hydrogen (secondary N) is 1. The van der Waals surface area contributed by atoms with E-state index in [2.05, 4.69) is 55.6 Å². The standard InChI is InChI=1S/C57H107NO3/c1-3-5-7-9-11-13-15-17-19-20-21-22-23-24-25-26-27-28-29-30-31-32-33-34-35-36-37-38-39-41-43-45-47-49-51-53-57(61)58-55(54-59)56(60)52-50-48-46-44-42-40-18-16-14-12-10-8-6-4-2/h23-24,26-27,42,44,50,52,55-56,59-60H,3-22,25,28-41,43,45-49,51,53-54H2,1-2H3,(H,58,61)/b24-23-,27-26-,44-42+,52-50+. The molecule has 0 fully saturated rings. The second-order valence-electron chi connectivity index (χ2n) is 18.6. The van der Waals surface area contributed by atoms with Gasteiger partial charge in [0, 0.05) is 6.42 Å². The fraction of sp³-hybridized carbons (Fsp3) is 0.842. The van der Waals surface area contributed by atoms with Crippen LogP contribution in [0.4, 0.5) is 0 Å². The molecule has 4 nitrogen and oxygen atoms in total. The first-order valence-corrected chi connectivity index (χ1v) is 27.4. The lowest BCUT2D eigenvalue weighted by Crippen LogP contribution is -2.45. The lowest BCUT2D eigenvalue weighted by atomic mass is 10.0. The van der Waals surface area contributed by atoms with E-state index in [0.29, 0.717) is 6.42 Å². The van der Waals surface area contributed by atoms with Crippen molar-refractivity contribution in [1.29, 1.82) is 0 Å². The number of aliphatic hydroxyl groups excluding tert-OH is 2. The third-order valence-electron chi connectivity index (χ3n) is 12.5. The van der Waals surface area contributed by atoms with Crippen LogP contribution in [0.25, 0.3) is 0 Å². The molecule has 0 aromatic carbocycles. The van der Waals surface area contributed by atoms with Gasteiger partial charge in [-0.1, -0.05) is 268 Å². The van der Waals surface area contributed by atoms with Crippen LogP contribution < -0.4 is 5.32 Å². The van der Waals surface area contributed by atoms with Crippen molar-refractivity contribution in [3.8, 4) is 0 Å². The summed E-state index contributed by atoms with van der Waals surface area (Å²) in [4.78, 5) is 12.4. The SMILES string of the molecule is CCCCCCCCCC/C=C/CC/C=C/C(O)C(CO)NC(=O)CCCCCCCCCCCCCCCCCCC/C=C\C/C=C\CCCCCCCCCCCCC. The van der Waals surface area contributed by atoms with Gasteiger partial charge in [0.15, 0.2) is 0 Å². The van der Waals surface area contributed by atoms with Crippen molar-refractivity contribution in [2.45, 2.75) is 302 Å². The summed E-state index contributed by atoms with van der Waals surface area (Å²) in [6.07, 6.45) is 72.8. The van der Waals surface area contributed by atoms with Crippen LogP contribution in [0.2, 0.25) is 0 Å². The average Bonchev–Trinajstić information content (AvgIpc) is 3.26. The van der Waals surface area contributed by atoms with E-state index in [4.69, 9.17) is 0 Å². The molecule has 2 unspecified atom stereocenters. The first-order valence-electron chi connectivity index (χ1n) is 27.4. The van der Waals surface area contributed by atoms with Gasteiger partial charge < -0.3 is 15.5 Å². The van der Waals surface area contributed by atoms with Crippen molar-refractivity contribution < 1.29 is 15.0 Å². The van der Waals surface area contributed by atoms with Gasteiger partial charge in [0.05, 0.1) is 18.8 Å². The third kappa shape index (κ3) is 49.2. The summed E-state index contributed by atoms with van der Waals surface area (Å²) in [5.74, 6) is -0.0720. The zero-order valence-corrected chi connectivity index (χ0v) is 41.2. The smallest absolute Gasteiger partial charge is 0.220 e. The molecule has 0 bridgehead atoms. The zero-order valence-electron chi connectivity index (χ0n) is 41.2. The lowest BCUT2D eigenvalue weighted by molar-refractivity contribution is -0.123. The van der Waals surface area contributed by atoms with Crippen LogP contribution in [0.1, 0.15) is 290 Å². The predicted molar refractivity (Wildman–Crippen MR) is 271 cm³/mol. The Balaban J connectivity index is 3.46. The summed E-state index contributed by atoms with van der Waals surface area (Å²) in [5.41, 5.74) is 0. The number of amides is 1. The Hall–Kier alpha value is -1.65. The first-order chi connectivity index (χ1) is 30.2. The van der Waals surface area contributed by atoms with E-state index in [0.717, 1.165) is 38.5 Å². The molecule has 0 saturated carbocycles. The van der Waals surface area contributed by atoms with E-state index in [1.165, 1.54) is 231 Å². The molecule has 0 aliphatic heterocycles. The van der Waals surface area contributed by atoms with Crippen LogP contribution in [0.5, 0.6) is 0 Å². The number of hydrogen-bond acceptors (Lipinski definition) is 3. The Labute approximate surface area is 382 Å². The highest BCUT2D eigenvalue weighted by atomic mass is 16.3. The number of unbranched alkanes of at least 4 members (excludes halogenated alkanes) is 37. The van der Waals surface area contributed by atoms with Gasteiger partial charge in [-0.15, -0.1) is 0 Å². The minimum Gasteiger partial charge on any atom is -0.394 e. The Morgan fingerprint density at radius 1 is 0.393 bits per heavy atom. The van der Waals surface area contributed by atoms with Gasteiger partial charge in [0.1, 0.15) is 0 Å². The highest BCUT2D eigenvalue weighted by Crippen LogP contribution is 2.16. The molecule has 4 heteroatoms. The molecule has 2 atom stereocenters. The van der Waals surface area contributed by atoms with Crippen molar-refractivity contribution in [2.75, 3.05) is 6.61 Å². The van der Waals surface area contributed by atoms with Gasteiger partial charge in [-0.25, -0.2) is 0 Å². The second-order valence-corrected chi connectivity index (χ2v) is 18.6. The summed E-state index contributed by atoms with van der Waals surface area (Å²) in [5, 5.41) is 23.0. The molecule has 0 aliphatic carbocycles. The van der Waals surface area contributed by atoms with Gasteiger partial charge in [0.2, 0.25) is 5.91 Å². The predicted octanol–water partition coefficient (Wildman–Crippen LogP) is 17.9. The average molecular weight is 854 g/mol. The molecular weight excluding hydrogens is 747 g/mol. The van der Waals surface area contributed by atoms with E-state index < -0.39 is 12.1 Å². The molecule has 0 aromatic rings. The topological polar surface area (TPSA) is 69.6 Å². The molecule has 0 radical (unpaired) electrons. The maximum atomic E-state index is 12.4. The van der Waals surface area contributed by atoms with E-state index in [9.17, 15) is 15.0 Å². The molecule has 358 valence electrons. The monoisotopic (exact) mass is 854 g/mol. The van der Waals surface area contributed by atoms with Crippen molar-refractivity contribution in [1.82, 2.24) is 5.32 Å². The van der Waals surface area contributed by atoms with Gasteiger partial charge in [-0.2, -0.15) is 0 Å². The summed E-state index contributed by atoms with van der Waals surface area (Å²) in [6, 6.07) is -0.638. The molecule has 0 saturated heterocycles. The highest BCUT2D eigenvalue weighted by Gasteiger charge is 2.18. The second kappa shape index (κ2) is 52.7. The van der Waals surface area contributed by atoms with E-state index in [-0.39, 0.29) is 12.5 Å². The number of aliphatic hydroxyl groups is 2. The van der Waals surface area contributed by atoms with Gasteiger partial charge in [-0.05, 0) is 64.2 Å². The summed E-state index contributed by atoms with van der Waals surface area (Å²) < 4.78 is 0. The lowest BCUT2D eigenvalue weighted by Gasteiger charge is -2.19. The Morgan fingerprint density at radius 2 is 0.689 bits per heavy atom. The molecule has 0 heterocycles. The number of carbonyl (C=O) groups is 1. The zero-order chi connectivity index (χ0) is 44.2. The van der Waals surface area contributed by atoms with Crippen molar-refractivity contribution in [3.63, 3.8) is 0 Å². The normalized spacial score (nSPS) is 13.2. The molecule has 3 N–H and O–H groups in total. The van der Waals surface area contributed by atoms with Crippen LogP contribution in [0, 0.1) is 0 Å². The van der Waals surface area contributed by atoms with Crippen LogP contribution in [-0.4, -0.2) is 34.9 Å². The van der Waals surface area contributed by atoms with Crippen LogP contribution in [0.3, 0.4) is 0 Å². The van der Waals surface area contributed by atoms with E-state index in [1.807, 2.05) is 6.08 Å². The summed E-state index contributed by atoms with van der Waals surface area (Å²) in [7, 11) is 0. The van der Waals surface area contributed by atoms with E-state index in [1.54, 1.807) is 6.08 Å². The van der Waals surface area contributed by atoms with Crippen LogP contribution in [-0.2, 0) is 4.79 Å².